The number of unbranched alkanes of at least 4 members (excludes halogenated alkanes) is 2. The van der Waals surface area contributed by atoms with Crippen molar-refractivity contribution in [3.8, 4) is 0 Å². The van der Waals surface area contributed by atoms with E-state index in [1.54, 1.807) is 25.7 Å². The van der Waals surface area contributed by atoms with Crippen molar-refractivity contribution in [1.82, 2.24) is 14.9 Å². The molecule has 0 aromatic rings. The van der Waals surface area contributed by atoms with Crippen molar-refractivity contribution < 1.29 is 19.5 Å². The summed E-state index contributed by atoms with van der Waals surface area (Å²) in [6.45, 7) is 14.1. The van der Waals surface area contributed by atoms with Gasteiger partial charge in [0.25, 0.3) is 0 Å². The van der Waals surface area contributed by atoms with Crippen LogP contribution in [0.2, 0.25) is 0 Å². The Bertz CT molecular complexity index is 477. The third-order valence-corrected chi connectivity index (χ3v) is 5.23. The second kappa shape index (κ2) is 11.6. The summed E-state index contributed by atoms with van der Waals surface area (Å²) in [5.41, 5.74) is -0.724. The number of carbonyl (C=O) groups is 2. The smallest absolute Gasteiger partial charge is 0.435 e. The molecule has 0 saturated carbocycles. The second-order valence-corrected chi connectivity index (χ2v) is 8.80. The predicted molar refractivity (Wildman–Crippen MR) is 110 cm³/mol. The third kappa shape index (κ3) is 7.95. The van der Waals surface area contributed by atoms with Crippen LogP contribution in [-0.4, -0.2) is 75.9 Å². The molecule has 2 amide bonds. The van der Waals surface area contributed by atoms with Crippen molar-refractivity contribution in [2.75, 3.05) is 26.2 Å². The Morgan fingerprint density at radius 2 is 1.54 bits per heavy atom. The van der Waals surface area contributed by atoms with Gasteiger partial charge in [-0.05, 0) is 40.5 Å². The first kappa shape index (κ1) is 24.7. The highest BCUT2D eigenvalue weighted by Crippen LogP contribution is 2.19. The Morgan fingerprint density at radius 3 is 1.96 bits per heavy atom. The van der Waals surface area contributed by atoms with Gasteiger partial charge in [0.1, 0.15) is 11.6 Å². The first-order valence-electron chi connectivity index (χ1n) is 10.8. The van der Waals surface area contributed by atoms with E-state index in [1.807, 2.05) is 0 Å². The normalized spacial score (nSPS) is 16.9. The lowest BCUT2D eigenvalue weighted by atomic mass is 10.0. The van der Waals surface area contributed by atoms with Crippen molar-refractivity contribution in [3.63, 3.8) is 0 Å². The first-order chi connectivity index (χ1) is 13.1. The molecule has 1 aliphatic heterocycles. The number of carbonyl (C=O) groups excluding carboxylic acids is 2. The van der Waals surface area contributed by atoms with Crippen LogP contribution in [0.15, 0.2) is 0 Å². The topological polar surface area (TPSA) is 73.3 Å². The lowest BCUT2D eigenvalue weighted by Crippen LogP contribution is -2.56. The molecule has 1 saturated heterocycles. The van der Waals surface area contributed by atoms with Crippen molar-refractivity contribution in [3.05, 3.63) is 0 Å². The zero-order chi connectivity index (χ0) is 21.3. The highest BCUT2D eigenvalue weighted by atomic mass is 16.6. The van der Waals surface area contributed by atoms with E-state index in [2.05, 4.69) is 18.7 Å². The molecule has 1 atom stereocenters. The maximum Gasteiger partial charge on any atom is 0.435 e. The van der Waals surface area contributed by atoms with Crippen LogP contribution in [0.4, 0.5) is 4.79 Å². The molecule has 0 unspecified atom stereocenters. The number of nitrogens with zero attached hydrogens (tertiary/aromatic N) is 3. The fourth-order valence-electron chi connectivity index (χ4n) is 3.53. The molecule has 1 rings (SSSR count). The van der Waals surface area contributed by atoms with E-state index in [-0.39, 0.29) is 5.91 Å². The van der Waals surface area contributed by atoms with E-state index in [0.717, 1.165) is 13.1 Å². The molecule has 0 aliphatic carbocycles. The Balaban J connectivity index is 2.58. The number of hydroxylamine groups is 2. The van der Waals surface area contributed by atoms with Gasteiger partial charge in [0.2, 0.25) is 5.91 Å². The van der Waals surface area contributed by atoms with Crippen LogP contribution in [-0.2, 0) is 9.53 Å². The Labute approximate surface area is 170 Å². The zero-order valence-electron chi connectivity index (χ0n) is 18.7. The van der Waals surface area contributed by atoms with Gasteiger partial charge in [0, 0.05) is 32.2 Å². The number of hydrogen-bond donors (Lipinski definition) is 1. The first-order valence-corrected chi connectivity index (χ1v) is 10.8. The molecular weight excluding hydrogens is 358 g/mol. The summed E-state index contributed by atoms with van der Waals surface area (Å²) in [6.07, 6.45) is 6.41. The van der Waals surface area contributed by atoms with E-state index >= 15 is 0 Å². The van der Waals surface area contributed by atoms with Gasteiger partial charge in [0.15, 0.2) is 0 Å². The van der Waals surface area contributed by atoms with Crippen LogP contribution in [0.3, 0.4) is 0 Å². The van der Waals surface area contributed by atoms with Gasteiger partial charge in [-0.1, -0.05) is 39.5 Å². The maximum absolute atomic E-state index is 12.7. The van der Waals surface area contributed by atoms with Crippen LogP contribution in [0.5, 0.6) is 0 Å². The lowest BCUT2D eigenvalue weighted by molar-refractivity contribution is -0.158. The SMILES string of the molecule is CCCCC(CCCC)N1CCN(C(=O)[C@H](C)N(O)C(=O)OC(C)(C)C)CC1. The number of piperazine rings is 1. The number of ether oxygens (including phenoxy) is 1. The number of rotatable bonds is 9. The standard InChI is InChI=1S/C21H41N3O4/c1-7-9-11-18(12-10-8-2)22-13-15-23(16-14-22)19(25)17(3)24(27)20(26)28-21(4,5)6/h17-18,27H,7-16H2,1-6H3/t17-/m0/s1. The maximum atomic E-state index is 12.7. The highest BCUT2D eigenvalue weighted by Gasteiger charge is 2.33. The molecule has 1 heterocycles. The fourth-order valence-corrected chi connectivity index (χ4v) is 3.53. The van der Waals surface area contributed by atoms with Gasteiger partial charge in [-0.25, -0.2) is 4.79 Å². The van der Waals surface area contributed by atoms with Crippen LogP contribution < -0.4 is 0 Å². The molecule has 164 valence electrons. The molecule has 0 aromatic carbocycles. The molecule has 7 heteroatoms. The highest BCUT2D eigenvalue weighted by molar-refractivity contribution is 5.85. The molecule has 0 bridgehead atoms. The van der Waals surface area contributed by atoms with Crippen LogP contribution in [0.25, 0.3) is 0 Å². The summed E-state index contributed by atoms with van der Waals surface area (Å²) in [5.74, 6) is -0.244. The van der Waals surface area contributed by atoms with Gasteiger partial charge in [-0.15, -0.1) is 0 Å². The molecule has 1 aliphatic rings. The summed E-state index contributed by atoms with van der Waals surface area (Å²) in [4.78, 5) is 29.0. The molecule has 7 nitrogen and oxygen atoms in total. The zero-order valence-corrected chi connectivity index (χ0v) is 18.7. The van der Waals surface area contributed by atoms with Crippen LogP contribution >= 0.6 is 0 Å². The third-order valence-electron chi connectivity index (χ3n) is 5.23. The van der Waals surface area contributed by atoms with Crippen molar-refractivity contribution in [2.45, 2.75) is 97.8 Å². The van der Waals surface area contributed by atoms with Crippen molar-refractivity contribution >= 4 is 12.0 Å². The van der Waals surface area contributed by atoms with Crippen molar-refractivity contribution in [2.24, 2.45) is 0 Å². The molecule has 1 fully saturated rings. The van der Waals surface area contributed by atoms with Gasteiger partial charge in [-0.3, -0.25) is 14.9 Å². The van der Waals surface area contributed by atoms with Gasteiger partial charge < -0.3 is 9.64 Å². The summed E-state index contributed by atoms with van der Waals surface area (Å²) in [6, 6.07) is -0.372. The average Bonchev–Trinajstić information content (AvgIpc) is 2.65. The van der Waals surface area contributed by atoms with Crippen LogP contribution in [0.1, 0.15) is 80.1 Å². The molecule has 0 aromatic heterocycles. The molecular formula is C21H41N3O4. The predicted octanol–water partition coefficient (Wildman–Crippen LogP) is 3.89. The van der Waals surface area contributed by atoms with Gasteiger partial charge in [-0.2, -0.15) is 5.06 Å². The Morgan fingerprint density at radius 1 is 1.04 bits per heavy atom. The molecule has 28 heavy (non-hydrogen) atoms. The summed E-state index contributed by atoms with van der Waals surface area (Å²) in [5, 5.41) is 10.5. The minimum atomic E-state index is -0.961. The quantitative estimate of drug-likeness (QED) is 0.470. The number of hydrogen-bond acceptors (Lipinski definition) is 5. The van der Waals surface area contributed by atoms with Crippen molar-refractivity contribution in [1.29, 1.82) is 0 Å². The van der Waals surface area contributed by atoms with Gasteiger partial charge >= 0.3 is 6.09 Å². The largest absolute Gasteiger partial charge is 0.442 e. The van der Waals surface area contributed by atoms with E-state index in [0.29, 0.717) is 24.2 Å². The molecule has 0 spiro atoms. The van der Waals surface area contributed by atoms with E-state index < -0.39 is 17.7 Å². The summed E-state index contributed by atoms with van der Waals surface area (Å²) >= 11 is 0. The van der Waals surface area contributed by atoms with E-state index in [1.165, 1.54) is 45.4 Å². The average molecular weight is 400 g/mol. The lowest BCUT2D eigenvalue weighted by Gasteiger charge is -2.40. The monoisotopic (exact) mass is 399 g/mol. The minimum absolute atomic E-state index is 0.244. The van der Waals surface area contributed by atoms with E-state index in [9.17, 15) is 14.8 Å². The van der Waals surface area contributed by atoms with Crippen LogP contribution in [0, 0.1) is 0 Å². The fraction of sp³-hybridized carbons (Fsp3) is 0.905. The molecule has 1 N–H and O–H groups in total. The Hall–Kier alpha value is -1.34. The Kier molecular flexibility index (Phi) is 10.2. The molecule has 0 radical (unpaired) electrons. The minimum Gasteiger partial charge on any atom is -0.442 e. The number of amides is 2. The summed E-state index contributed by atoms with van der Waals surface area (Å²) < 4.78 is 5.14. The second-order valence-electron chi connectivity index (χ2n) is 8.80. The summed E-state index contributed by atoms with van der Waals surface area (Å²) in [7, 11) is 0. The van der Waals surface area contributed by atoms with E-state index in [4.69, 9.17) is 4.74 Å². The van der Waals surface area contributed by atoms with Gasteiger partial charge in [0.05, 0.1) is 0 Å².